The zero-order valence-electron chi connectivity index (χ0n) is 16.7. The molecule has 152 valence electrons. The highest BCUT2D eigenvalue weighted by atomic mass is 35.5. The molecule has 0 spiro atoms. The lowest BCUT2D eigenvalue weighted by atomic mass is 10.0. The normalized spacial score (nSPS) is 14.0. The lowest BCUT2D eigenvalue weighted by Gasteiger charge is -2.36. The molecule has 8 heteroatoms. The smallest absolute Gasteiger partial charge is 0.285 e. The van der Waals surface area contributed by atoms with Gasteiger partial charge >= 0.3 is 0 Å². The van der Waals surface area contributed by atoms with E-state index in [9.17, 15) is 14.9 Å². The van der Waals surface area contributed by atoms with Crippen molar-refractivity contribution in [3.05, 3.63) is 56.5 Å². The molecule has 1 fully saturated rings. The van der Waals surface area contributed by atoms with Gasteiger partial charge in [0.25, 0.3) is 5.56 Å². The van der Waals surface area contributed by atoms with Gasteiger partial charge < -0.3 is 9.80 Å². The number of aryl methyl sites for hydroxylation is 1. The first-order chi connectivity index (χ1) is 14.0. The Morgan fingerprint density at radius 3 is 2.52 bits per heavy atom. The average Bonchev–Trinajstić information content (AvgIpc) is 2.74. The van der Waals surface area contributed by atoms with E-state index in [0.717, 1.165) is 10.4 Å². The average molecular weight is 414 g/mol. The number of nitriles is 1. The molecule has 1 aromatic carbocycles. The van der Waals surface area contributed by atoms with Crippen LogP contribution in [0.5, 0.6) is 0 Å². The van der Waals surface area contributed by atoms with Crippen LogP contribution in [0.4, 0.5) is 5.69 Å². The fourth-order valence-corrected chi connectivity index (χ4v) is 3.84. The predicted octanol–water partition coefficient (Wildman–Crippen LogP) is 2.24. The predicted molar refractivity (Wildman–Crippen MR) is 112 cm³/mol. The molecule has 7 nitrogen and oxygen atoms in total. The first-order valence-electron chi connectivity index (χ1n) is 9.79. The number of carbonyl (C=O) groups excluding carboxylic acids is 1. The molecule has 1 saturated heterocycles. The second-order valence-corrected chi connectivity index (χ2v) is 7.37. The summed E-state index contributed by atoms with van der Waals surface area (Å²) in [5.41, 5.74) is 2.01. The molecular weight excluding hydrogens is 390 g/mol. The molecule has 0 N–H and O–H groups in total. The van der Waals surface area contributed by atoms with Gasteiger partial charge in [0.1, 0.15) is 18.2 Å². The summed E-state index contributed by atoms with van der Waals surface area (Å²) >= 11 is 6.07. The summed E-state index contributed by atoms with van der Waals surface area (Å²) < 4.78 is 1.14. The first kappa shape index (κ1) is 20.9. The maximum absolute atomic E-state index is 12.8. The molecule has 0 aliphatic carbocycles. The highest BCUT2D eigenvalue weighted by Gasteiger charge is 2.23. The van der Waals surface area contributed by atoms with Crippen molar-refractivity contribution in [2.45, 2.75) is 33.2 Å². The number of carbonyl (C=O) groups is 1. The van der Waals surface area contributed by atoms with E-state index in [1.165, 1.54) is 0 Å². The van der Waals surface area contributed by atoms with Crippen LogP contribution in [0.25, 0.3) is 0 Å². The largest absolute Gasteiger partial charge is 0.368 e. The van der Waals surface area contributed by atoms with E-state index in [-0.39, 0.29) is 18.0 Å². The number of hydrogen-bond acceptors (Lipinski definition) is 5. The summed E-state index contributed by atoms with van der Waals surface area (Å²) in [6.45, 7) is 6.15. The number of rotatable bonds is 5. The van der Waals surface area contributed by atoms with Crippen LogP contribution in [-0.2, 0) is 24.2 Å². The van der Waals surface area contributed by atoms with Crippen LogP contribution in [0.2, 0.25) is 5.02 Å². The van der Waals surface area contributed by atoms with Crippen molar-refractivity contribution < 1.29 is 4.79 Å². The molecule has 1 aliphatic rings. The second kappa shape index (κ2) is 9.10. The fraction of sp³-hybridized carbons (Fsp3) is 0.429. The number of amides is 1. The van der Waals surface area contributed by atoms with Crippen molar-refractivity contribution in [1.82, 2.24) is 14.7 Å². The van der Waals surface area contributed by atoms with E-state index in [2.05, 4.69) is 10.00 Å². The van der Waals surface area contributed by atoms with Crippen LogP contribution in [0.3, 0.4) is 0 Å². The molecule has 2 aromatic rings. The molecule has 1 amide bonds. The van der Waals surface area contributed by atoms with E-state index < -0.39 is 5.56 Å². The maximum Gasteiger partial charge on any atom is 0.285 e. The van der Waals surface area contributed by atoms with Crippen molar-refractivity contribution in [3.63, 3.8) is 0 Å². The van der Waals surface area contributed by atoms with Crippen LogP contribution in [-0.4, -0.2) is 46.8 Å². The molecule has 1 aromatic heterocycles. The Morgan fingerprint density at radius 2 is 1.93 bits per heavy atom. The van der Waals surface area contributed by atoms with Gasteiger partial charge in [0.15, 0.2) is 0 Å². The number of halogens is 1. The van der Waals surface area contributed by atoms with Crippen molar-refractivity contribution >= 4 is 23.2 Å². The Balaban J connectivity index is 1.72. The van der Waals surface area contributed by atoms with E-state index in [1.807, 2.05) is 44.2 Å². The molecule has 2 heterocycles. The summed E-state index contributed by atoms with van der Waals surface area (Å²) in [4.78, 5) is 29.3. The summed E-state index contributed by atoms with van der Waals surface area (Å²) in [7, 11) is 0. The topological polar surface area (TPSA) is 82.2 Å². The van der Waals surface area contributed by atoms with Gasteiger partial charge in [-0.1, -0.05) is 31.5 Å². The number of aromatic nitrogens is 2. The number of anilines is 1. The third-order valence-electron chi connectivity index (χ3n) is 5.23. The highest BCUT2D eigenvalue weighted by Crippen LogP contribution is 2.21. The molecule has 0 saturated carbocycles. The SMILES string of the molecule is CCc1nn(CC(=O)N2CCN(c3cccc(Cl)c3)CC2)c(=O)c(C#N)c1CC. The first-order valence-corrected chi connectivity index (χ1v) is 10.2. The molecule has 0 unspecified atom stereocenters. The fourth-order valence-electron chi connectivity index (χ4n) is 3.66. The van der Waals surface area contributed by atoms with Crippen LogP contribution in [0.15, 0.2) is 29.1 Å². The van der Waals surface area contributed by atoms with Gasteiger partial charge in [-0.2, -0.15) is 10.4 Å². The van der Waals surface area contributed by atoms with Gasteiger partial charge in [0.05, 0.1) is 5.69 Å². The molecule has 0 bridgehead atoms. The standard InChI is InChI=1S/C21H24ClN5O2/c1-3-17-18(13-23)21(29)27(24-19(17)4-2)14-20(28)26-10-8-25(9-11-26)16-7-5-6-15(22)12-16/h5-7,12H,3-4,8-11,14H2,1-2H3. The minimum Gasteiger partial charge on any atom is -0.368 e. The Bertz CT molecular complexity index is 1000. The molecule has 1 aliphatic heterocycles. The van der Waals surface area contributed by atoms with E-state index in [4.69, 9.17) is 11.6 Å². The van der Waals surface area contributed by atoms with Crippen molar-refractivity contribution in [3.8, 4) is 6.07 Å². The van der Waals surface area contributed by atoms with Crippen molar-refractivity contribution in [2.24, 2.45) is 0 Å². The summed E-state index contributed by atoms with van der Waals surface area (Å²) in [5, 5.41) is 14.5. The molecular formula is C21H24ClN5O2. The van der Waals surface area contributed by atoms with Gasteiger partial charge in [-0.3, -0.25) is 9.59 Å². The van der Waals surface area contributed by atoms with Crippen LogP contribution >= 0.6 is 11.6 Å². The number of hydrogen-bond donors (Lipinski definition) is 0. The van der Waals surface area contributed by atoms with Gasteiger partial charge in [-0.15, -0.1) is 0 Å². The van der Waals surface area contributed by atoms with Gasteiger partial charge in [-0.25, -0.2) is 4.68 Å². The zero-order chi connectivity index (χ0) is 21.0. The van der Waals surface area contributed by atoms with E-state index >= 15 is 0 Å². The molecule has 29 heavy (non-hydrogen) atoms. The van der Waals surface area contributed by atoms with E-state index in [0.29, 0.717) is 55.3 Å². The Labute approximate surface area is 175 Å². The monoisotopic (exact) mass is 413 g/mol. The van der Waals surface area contributed by atoms with Crippen LogP contribution in [0, 0.1) is 11.3 Å². The Morgan fingerprint density at radius 1 is 1.21 bits per heavy atom. The zero-order valence-corrected chi connectivity index (χ0v) is 17.4. The summed E-state index contributed by atoms with van der Waals surface area (Å²) in [6, 6.07) is 9.64. The minimum atomic E-state index is -0.493. The summed E-state index contributed by atoms with van der Waals surface area (Å²) in [6.07, 6.45) is 1.17. The Hall–Kier alpha value is -2.85. The van der Waals surface area contributed by atoms with Gasteiger partial charge in [0.2, 0.25) is 5.91 Å². The van der Waals surface area contributed by atoms with E-state index in [1.54, 1.807) is 4.90 Å². The van der Waals surface area contributed by atoms with Gasteiger partial charge in [-0.05, 0) is 36.6 Å². The third kappa shape index (κ3) is 4.43. The highest BCUT2D eigenvalue weighted by molar-refractivity contribution is 6.30. The molecule has 0 radical (unpaired) electrons. The minimum absolute atomic E-state index is 0.0953. The van der Waals surface area contributed by atoms with Gasteiger partial charge in [0, 0.05) is 36.9 Å². The number of benzene rings is 1. The Kier molecular flexibility index (Phi) is 6.55. The summed E-state index contributed by atoms with van der Waals surface area (Å²) in [5.74, 6) is -0.166. The van der Waals surface area contributed by atoms with Crippen molar-refractivity contribution in [2.75, 3.05) is 31.1 Å². The maximum atomic E-state index is 12.8. The lowest BCUT2D eigenvalue weighted by molar-refractivity contribution is -0.132. The van der Waals surface area contributed by atoms with Crippen LogP contribution < -0.4 is 10.5 Å². The lowest BCUT2D eigenvalue weighted by Crippen LogP contribution is -2.50. The number of piperazine rings is 1. The molecule has 0 atom stereocenters. The third-order valence-corrected chi connectivity index (χ3v) is 5.47. The molecule has 3 rings (SSSR count). The van der Waals surface area contributed by atoms with Crippen LogP contribution in [0.1, 0.15) is 30.7 Å². The van der Waals surface area contributed by atoms with Crippen molar-refractivity contribution in [1.29, 1.82) is 5.26 Å². The second-order valence-electron chi connectivity index (χ2n) is 6.93. The quantitative estimate of drug-likeness (QED) is 0.750. The number of nitrogens with zero attached hydrogens (tertiary/aromatic N) is 5.